The van der Waals surface area contributed by atoms with Gasteiger partial charge in [0.2, 0.25) is 0 Å². The van der Waals surface area contributed by atoms with E-state index in [1.54, 1.807) is 21.1 Å². The standard InChI is InChI=1S/C15H22O3/c1-15(16,14(17-2)18-3)10-11-7-8-12-5-4-6-13(12)9-11/h7-9,14,16H,4-6,10H2,1-3H3. The lowest BCUT2D eigenvalue weighted by molar-refractivity contribution is -0.207. The van der Waals surface area contributed by atoms with Crippen molar-refractivity contribution < 1.29 is 14.6 Å². The quantitative estimate of drug-likeness (QED) is 0.813. The molecule has 1 aliphatic carbocycles. The van der Waals surface area contributed by atoms with Gasteiger partial charge in [0.1, 0.15) is 5.60 Å². The maximum absolute atomic E-state index is 10.4. The molecule has 0 heterocycles. The van der Waals surface area contributed by atoms with E-state index in [4.69, 9.17) is 9.47 Å². The molecule has 1 aliphatic rings. The van der Waals surface area contributed by atoms with Crippen LogP contribution in [0.4, 0.5) is 0 Å². The maximum atomic E-state index is 10.4. The zero-order chi connectivity index (χ0) is 13.2. The SMILES string of the molecule is COC(OC)C(C)(O)Cc1ccc2c(c1)CCC2. The summed E-state index contributed by atoms with van der Waals surface area (Å²) in [6.45, 7) is 1.75. The van der Waals surface area contributed by atoms with Crippen molar-refractivity contribution >= 4 is 0 Å². The van der Waals surface area contributed by atoms with E-state index < -0.39 is 11.9 Å². The third kappa shape index (κ3) is 2.74. The van der Waals surface area contributed by atoms with E-state index in [2.05, 4.69) is 18.2 Å². The van der Waals surface area contributed by atoms with Crippen molar-refractivity contribution in [3.63, 3.8) is 0 Å². The van der Waals surface area contributed by atoms with Crippen LogP contribution in [0.15, 0.2) is 18.2 Å². The molecular weight excluding hydrogens is 228 g/mol. The van der Waals surface area contributed by atoms with Gasteiger partial charge in [-0.15, -0.1) is 0 Å². The molecule has 0 radical (unpaired) electrons. The highest BCUT2D eigenvalue weighted by Gasteiger charge is 2.32. The molecule has 0 amide bonds. The summed E-state index contributed by atoms with van der Waals surface area (Å²) in [5.74, 6) is 0. The van der Waals surface area contributed by atoms with Crippen LogP contribution in [-0.4, -0.2) is 31.2 Å². The average molecular weight is 250 g/mol. The predicted octanol–water partition coefficient (Wildman–Crippen LogP) is 2.09. The number of fused-ring (bicyclic) bond motifs is 1. The lowest BCUT2D eigenvalue weighted by atomic mass is 9.94. The van der Waals surface area contributed by atoms with Crippen LogP contribution in [0, 0.1) is 0 Å². The molecule has 3 nitrogen and oxygen atoms in total. The molecule has 100 valence electrons. The molecule has 0 saturated heterocycles. The molecule has 0 bridgehead atoms. The van der Waals surface area contributed by atoms with Gasteiger partial charge in [0.25, 0.3) is 0 Å². The Balaban J connectivity index is 2.13. The van der Waals surface area contributed by atoms with Gasteiger partial charge in [-0.2, -0.15) is 0 Å². The Hall–Kier alpha value is -0.900. The molecule has 0 fully saturated rings. The summed E-state index contributed by atoms with van der Waals surface area (Å²) in [5.41, 5.74) is 3.00. The topological polar surface area (TPSA) is 38.7 Å². The van der Waals surface area contributed by atoms with E-state index >= 15 is 0 Å². The monoisotopic (exact) mass is 250 g/mol. The zero-order valence-electron chi connectivity index (χ0n) is 11.4. The smallest absolute Gasteiger partial charge is 0.185 e. The fraction of sp³-hybridized carbons (Fsp3) is 0.600. The molecule has 1 N–H and O–H groups in total. The molecule has 0 aromatic heterocycles. The summed E-state index contributed by atoms with van der Waals surface area (Å²) in [7, 11) is 3.09. The summed E-state index contributed by atoms with van der Waals surface area (Å²) in [4.78, 5) is 0. The molecule has 1 atom stereocenters. The molecular formula is C15H22O3. The van der Waals surface area contributed by atoms with E-state index in [1.165, 1.54) is 24.0 Å². The van der Waals surface area contributed by atoms with Crippen LogP contribution in [0.2, 0.25) is 0 Å². The molecule has 0 saturated carbocycles. The Bertz CT molecular complexity index is 408. The Morgan fingerprint density at radius 3 is 2.56 bits per heavy atom. The zero-order valence-corrected chi connectivity index (χ0v) is 11.4. The molecule has 1 aromatic carbocycles. The van der Waals surface area contributed by atoms with E-state index in [-0.39, 0.29) is 0 Å². The number of aryl methyl sites for hydroxylation is 2. The Morgan fingerprint density at radius 2 is 1.89 bits per heavy atom. The number of hydrogen-bond donors (Lipinski definition) is 1. The lowest BCUT2D eigenvalue weighted by Gasteiger charge is -2.30. The van der Waals surface area contributed by atoms with Gasteiger partial charge in [-0.05, 0) is 42.9 Å². The average Bonchev–Trinajstić information content (AvgIpc) is 2.76. The second-order valence-electron chi connectivity index (χ2n) is 5.29. The van der Waals surface area contributed by atoms with E-state index in [9.17, 15) is 5.11 Å². The largest absolute Gasteiger partial charge is 0.385 e. The van der Waals surface area contributed by atoms with E-state index in [0.29, 0.717) is 6.42 Å². The highest BCUT2D eigenvalue weighted by Crippen LogP contribution is 2.26. The molecule has 1 unspecified atom stereocenters. The van der Waals surface area contributed by atoms with Gasteiger partial charge in [-0.1, -0.05) is 18.2 Å². The van der Waals surface area contributed by atoms with Crippen LogP contribution < -0.4 is 0 Å². The van der Waals surface area contributed by atoms with Crippen molar-refractivity contribution in [3.05, 3.63) is 34.9 Å². The fourth-order valence-electron chi connectivity index (χ4n) is 2.84. The molecule has 0 spiro atoms. The third-order valence-corrected chi connectivity index (χ3v) is 3.66. The summed E-state index contributed by atoms with van der Waals surface area (Å²) < 4.78 is 10.3. The van der Waals surface area contributed by atoms with Crippen molar-refractivity contribution in [3.8, 4) is 0 Å². The number of ether oxygens (including phenoxy) is 2. The van der Waals surface area contributed by atoms with Gasteiger partial charge in [0.15, 0.2) is 6.29 Å². The molecule has 1 aromatic rings. The molecule has 2 rings (SSSR count). The first-order valence-electron chi connectivity index (χ1n) is 6.45. The minimum Gasteiger partial charge on any atom is -0.385 e. The second-order valence-corrected chi connectivity index (χ2v) is 5.29. The van der Waals surface area contributed by atoms with Crippen molar-refractivity contribution in [2.24, 2.45) is 0 Å². The van der Waals surface area contributed by atoms with Gasteiger partial charge >= 0.3 is 0 Å². The maximum Gasteiger partial charge on any atom is 0.185 e. The first kappa shape index (κ1) is 13.5. The number of benzene rings is 1. The number of methoxy groups -OCH3 is 2. The first-order valence-corrected chi connectivity index (χ1v) is 6.45. The third-order valence-electron chi connectivity index (χ3n) is 3.66. The minimum absolute atomic E-state index is 0.534. The van der Waals surface area contributed by atoms with Gasteiger partial charge in [-0.25, -0.2) is 0 Å². The van der Waals surface area contributed by atoms with Gasteiger partial charge < -0.3 is 14.6 Å². The minimum atomic E-state index is -1.02. The number of hydrogen-bond acceptors (Lipinski definition) is 3. The van der Waals surface area contributed by atoms with Crippen molar-refractivity contribution in [1.29, 1.82) is 0 Å². The highest BCUT2D eigenvalue weighted by molar-refractivity contribution is 5.35. The van der Waals surface area contributed by atoms with Crippen molar-refractivity contribution in [2.45, 2.75) is 44.5 Å². The first-order chi connectivity index (χ1) is 8.56. The summed E-state index contributed by atoms with van der Waals surface area (Å²) >= 11 is 0. The highest BCUT2D eigenvalue weighted by atomic mass is 16.7. The second kappa shape index (κ2) is 5.39. The predicted molar refractivity (Wildman–Crippen MR) is 70.6 cm³/mol. The fourth-order valence-corrected chi connectivity index (χ4v) is 2.84. The van der Waals surface area contributed by atoms with Gasteiger partial charge in [0, 0.05) is 20.6 Å². The summed E-state index contributed by atoms with van der Waals surface area (Å²) in [6.07, 6.45) is 3.51. The van der Waals surface area contributed by atoms with Crippen molar-refractivity contribution in [1.82, 2.24) is 0 Å². The van der Waals surface area contributed by atoms with Crippen LogP contribution >= 0.6 is 0 Å². The van der Waals surface area contributed by atoms with Crippen LogP contribution in [0.3, 0.4) is 0 Å². The van der Waals surface area contributed by atoms with Gasteiger partial charge in [0.05, 0.1) is 0 Å². The van der Waals surface area contributed by atoms with Gasteiger partial charge in [-0.3, -0.25) is 0 Å². The van der Waals surface area contributed by atoms with Crippen LogP contribution in [0.25, 0.3) is 0 Å². The molecule has 0 aliphatic heterocycles. The number of aliphatic hydroxyl groups is 1. The summed E-state index contributed by atoms with van der Waals surface area (Å²) in [6, 6.07) is 6.49. The Labute approximate surface area is 109 Å². The number of rotatable bonds is 5. The Morgan fingerprint density at radius 1 is 1.22 bits per heavy atom. The lowest BCUT2D eigenvalue weighted by Crippen LogP contribution is -2.43. The van der Waals surface area contributed by atoms with Crippen LogP contribution in [-0.2, 0) is 28.7 Å². The normalized spacial score (nSPS) is 17.8. The van der Waals surface area contributed by atoms with Crippen LogP contribution in [0.5, 0.6) is 0 Å². The van der Waals surface area contributed by atoms with E-state index in [0.717, 1.165) is 12.0 Å². The Kier molecular flexibility index (Phi) is 4.05. The summed E-state index contributed by atoms with van der Waals surface area (Å²) in [5, 5.41) is 10.4. The molecule has 18 heavy (non-hydrogen) atoms. The van der Waals surface area contributed by atoms with Crippen molar-refractivity contribution in [2.75, 3.05) is 14.2 Å². The molecule has 3 heteroatoms. The van der Waals surface area contributed by atoms with Crippen LogP contribution in [0.1, 0.15) is 30.0 Å². The van der Waals surface area contributed by atoms with E-state index in [1.807, 2.05) is 0 Å².